The molecule has 0 aromatic heterocycles. The maximum absolute atomic E-state index is 11.3. The standard InChI is InChI=1S/C12H10O4/c1-7(2)11(13)16-9-3-4-10-8(5-9)6-15-12(10)14/h3-5H,1,6H2,2H3. The number of carbonyl (C=O) groups excluding carboxylic acids is 2. The van der Waals surface area contributed by atoms with E-state index < -0.39 is 5.97 Å². The fourth-order valence-corrected chi connectivity index (χ4v) is 1.37. The molecule has 0 N–H and O–H groups in total. The summed E-state index contributed by atoms with van der Waals surface area (Å²) in [5, 5.41) is 0. The average Bonchev–Trinajstić information content (AvgIpc) is 2.60. The van der Waals surface area contributed by atoms with Crippen LogP contribution in [0.4, 0.5) is 0 Å². The van der Waals surface area contributed by atoms with Crippen molar-refractivity contribution in [3.8, 4) is 5.75 Å². The van der Waals surface area contributed by atoms with Crippen molar-refractivity contribution in [1.29, 1.82) is 0 Å². The second kappa shape index (κ2) is 3.81. The van der Waals surface area contributed by atoms with Gasteiger partial charge in [-0.15, -0.1) is 0 Å². The Labute approximate surface area is 92.5 Å². The van der Waals surface area contributed by atoms with Gasteiger partial charge in [-0.25, -0.2) is 9.59 Å². The van der Waals surface area contributed by atoms with E-state index in [1.807, 2.05) is 0 Å². The lowest BCUT2D eigenvalue weighted by atomic mass is 10.1. The van der Waals surface area contributed by atoms with E-state index in [1.165, 1.54) is 0 Å². The summed E-state index contributed by atoms with van der Waals surface area (Å²) in [5.74, 6) is -0.428. The van der Waals surface area contributed by atoms with Gasteiger partial charge in [0.2, 0.25) is 0 Å². The van der Waals surface area contributed by atoms with Gasteiger partial charge < -0.3 is 9.47 Å². The van der Waals surface area contributed by atoms with Crippen molar-refractivity contribution in [1.82, 2.24) is 0 Å². The molecule has 0 amide bonds. The second-order valence-corrected chi connectivity index (χ2v) is 3.56. The van der Waals surface area contributed by atoms with Gasteiger partial charge in [-0.3, -0.25) is 0 Å². The number of benzene rings is 1. The van der Waals surface area contributed by atoms with E-state index in [0.717, 1.165) is 5.56 Å². The molecule has 0 saturated heterocycles. The lowest BCUT2D eigenvalue weighted by Gasteiger charge is -2.04. The van der Waals surface area contributed by atoms with E-state index in [9.17, 15) is 9.59 Å². The number of hydrogen-bond acceptors (Lipinski definition) is 4. The summed E-state index contributed by atoms with van der Waals surface area (Å²) < 4.78 is 9.86. The van der Waals surface area contributed by atoms with Crippen LogP contribution in [0.15, 0.2) is 30.4 Å². The molecule has 0 unspecified atom stereocenters. The van der Waals surface area contributed by atoms with Gasteiger partial charge in [0.05, 0.1) is 5.56 Å². The van der Waals surface area contributed by atoms with Crippen LogP contribution in [-0.2, 0) is 16.1 Å². The first-order valence-corrected chi connectivity index (χ1v) is 4.75. The van der Waals surface area contributed by atoms with Gasteiger partial charge in [0, 0.05) is 11.1 Å². The van der Waals surface area contributed by atoms with Gasteiger partial charge in [0.25, 0.3) is 0 Å². The number of fused-ring (bicyclic) bond motifs is 1. The molecule has 4 nitrogen and oxygen atoms in total. The maximum Gasteiger partial charge on any atom is 0.338 e. The zero-order valence-electron chi connectivity index (χ0n) is 8.78. The molecule has 0 fully saturated rings. The highest BCUT2D eigenvalue weighted by Crippen LogP contribution is 2.24. The van der Waals surface area contributed by atoms with Crippen LogP contribution in [0.25, 0.3) is 0 Å². The Bertz CT molecular complexity index is 488. The van der Waals surface area contributed by atoms with Crippen molar-refractivity contribution >= 4 is 11.9 Å². The molecule has 16 heavy (non-hydrogen) atoms. The number of carbonyl (C=O) groups is 2. The van der Waals surface area contributed by atoms with Crippen LogP contribution in [0.3, 0.4) is 0 Å². The minimum Gasteiger partial charge on any atom is -0.457 e. The number of esters is 2. The van der Waals surface area contributed by atoms with E-state index in [2.05, 4.69) is 6.58 Å². The smallest absolute Gasteiger partial charge is 0.338 e. The van der Waals surface area contributed by atoms with Gasteiger partial charge in [-0.05, 0) is 25.1 Å². The third kappa shape index (κ3) is 1.82. The minimum absolute atomic E-state index is 0.229. The normalized spacial score (nSPS) is 12.9. The molecule has 2 rings (SSSR count). The zero-order valence-corrected chi connectivity index (χ0v) is 8.78. The molecule has 1 aliphatic heterocycles. The first-order valence-electron chi connectivity index (χ1n) is 4.75. The summed E-state index contributed by atoms with van der Waals surface area (Å²) in [6.07, 6.45) is 0. The fraction of sp³-hybridized carbons (Fsp3) is 0.167. The third-order valence-electron chi connectivity index (χ3n) is 2.21. The van der Waals surface area contributed by atoms with Crippen molar-refractivity contribution in [2.75, 3.05) is 0 Å². The Morgan fingerprint density at radius 3 is 2.94 bits per heavy atom. The monoisotopic (exact) mass is 218 g/mol. The lowest BCUT2D eigenvalue weighted by molar-refractivity contribution is -0.130. The van der Waals surface area contributed by atoms with Crippen LogP contribution in [0.5, 0.6) is 5.75 Å². The summed E-state index contributed by atoms with van der Waals surface area (Å²) in [4.78, 5) is 22.4. The van der Waals surface area contributed by atoms with E-state index in [4.69, 9.17) is 9.47 Å². The van der Waals surface area contributed by atoms with Gasteiger partial charge in [-0.1, -0.05) is 6.58 Å². The Balaban J connectivity index is 2.23. The Hall–Kier alpha value is -2.10. The Morgan fingerprint density at radius 2 is 2.25 bits per heavy atom. The van der Waals surface area contributed by atoms with E-state index in [1.54, 1.807) is 25.1 Å². The molecular weight excluding hydrogens is 208 g/mol. The van der Waals surface area contributed by atoms with Crippen LogP contribution >= 0.6 is 0 Å². The van der Waals surface area contributed by atoms with Gasteiger partial charge in [0.15, 0.2) is 0 Å². The van der Waals surface area contributed by atoms with Crippen molar-refractivity contribution in [3.63, 3.8) is 0 Å². The van der Waals surface area contributed by atoms with Crippen molar-refractivity contribution in [2.24, 2.45) is 0 Å². The van der Waals surface area contributed by atoms with Gasteiger partial charge in [-0.2, -0.15) is 0 Å². The Morgan fingerprint density at radius 1 is 1.50 bits per heavy atom. The zero-order chi connectivity index (χ0) is 11.7. The second-order valence-electron chi connectivity index (χ2n) is 3.56. The largest absolute Gasteiger partial charge is 0.457 e. The van der Waals surface area contributed by atoms with Gasteiger partial charge >= 0.3 is 11.9 Å². The highest BCUT2D eigenvalue weighted by molar-refractivity contribution is 5.94. The van der Waals surface area contributed by atoms with Crippen molar-refractivity contribution in [3.05, 3.63) is 41.5 Å². The number of ether oxygens (including phenoxy) is 2. The number of hydrogen-bond donors (Lipinski definition) is 0. The topological polar surface area (TPSA) is 52.6 Å². The lowest BCUT2D eigenvalue weighted by Crippen LogP contribution is -2.08. The van der Waals surface area contributed by atoms with Crippen LogP contribution < -0.4 is 4.74 Å². The van der Waals surface area contributed by atoms with E-state index >= 15 is 0 Å². The van der Waals surface area contributed by atoms with E-state index in [0.29, 0.717) is 16.9 Å². The molecule has 0 radical (unpaired) electrons. The fourth-order valence-electron chi connectivity index (χ4n) is 1.37. The highest BCUT2D eigenvalue weighted by Gasteiger charge is 2.21. The first kappa shape index (κ1) is 10.4. The first-order chi connectivity index (χ1) is 7.58. The van der Waals surface area contributed by atoms with Crippen LogP contribution in [0, 0.1) is 0 Å². The molecule has 1 aromatic rings. The molecule has 0 saturated carbocycles. The predicted molar refractivity (Wildman–Crippen MR) is 56.0 cm³/mol. The number of rotatable bonds is 2. The van der Waals surface area contributed by atoms with E-state index in [-0.39, 0.29) is 12.6 Å². The molecule has 0 bridgehead atoms. The summed E-state index contributed by atoms with van der Waals surface area (Å²) >= 11 is 0. The third-order valence-corrected chi connectivity index (χ3v) is 2.21. The van der Waals surface area contributed by atoms with Crippen LogP contribution in [-0.4, -0.2) is 11.9 Å². The quantitative estimate of drug-likeness (QED) is 0.431. The predicted octanol–water partition coefficient (Wildman–Crippen LogP) is 1.84. The average molecular weight is 218 g/mol. The molecule has 82 valence electrons. The van der Waals surface area contributed by atoms with Crippen LogP contribution in [0.2, 0.25) is 0 Å². The number of cyclic esters (lactones) is 1. The maximum atomic E-state index is 11.3. The molecule has 0 atom stereocenters. The summed E-state index contributed by atoms with van der Waals surface area (Å²) in [7, 11) is 0. The Kier molecular flexibility index (Phi) is 2.48. The summed E-state index contributed by atoms with van der Waals surface area (Å²) in [5.41, 5.74) is 1.58. The van der Waals surface area contributed by atoms with Crippen LogP contribution in [0.1, 0.15) is 22.8 Å². The van der Waals surface area contributed by atoms with Crippen molar-refractivity contribution in [2.45, 2.75) is 13.5 Å². The molecule has 4 heteroatoms. The SMILES string of the molecule is C=C(C)C(=O)Oc1ccc2c(c1)COC2=O. The summed E-state index contributed by atoms with van der Waals surface area (Å²) in [6, 6.07) is 4.78. The molecule has 1 aliphatic rings. The summed E-state index contributed by atoms with van der Waals surface area (Å²) in [6.45, 7) is 5.28. The molecule has 1 heterocycles. The highest BCUT2D eigenvalue weighted by atomic mass is 16.5. The molecular formula is C12H10O4. The molecule has 0 aliphatic carbocycles. The molecule has 1 aromatic carbocycles. The molecule has 0 spiro atoms. The minimum atomic E-state index is -0.481. The van der Waals surface area contributed by atoms with Gasteiger partial charge in [0.1, 0.15) is 12.4 Å². The van der Waals surface area contributed by atoms with Crippen molar-refractivity contribution < 1.29 is 19.1 Å².